The minimum Gasteiger partial charge on any atom is -0.336 e. The van der Waals surface area contributed by atoms with E-state index in [4.69, 9.17) is 11.6 Å². The smallest absolute Gasteiger partial charge is 0.243 e. The van der Waals surface area contributed by atoms with Crippen molar-refractivity contribution >= 4 is 17.5 Å². The maximum atomic E-state index is 13.5. The van der Waals surface area contributed by atoms with Crippen molar-refractivity contribution in [2.24, 2.45) is 13.0 Å². The van der Waals surface area contributed by atoms with Crippen LogP contribution in [0.25, 0.3) is 0 Å². The molecule has 3 fully saturated rings. The molecule has 3 aliphatic heterocycles. The standard InChI is InChI=1S/C20H23ClN4O/c1-23-12-15(10-22-23)18-9-16-13-24(11-14-4-2-5-17(21)8-14)19(26)20(16)6-3-7-25(18)20/h2,4-5,8,10,12,16,18H,3,6-7,9,11,13H2,1H3/t16-,18-,20-/m0/s1. The molecule has 1 aromatic heterocycles. The van der Waals surface area contributed by atoms with Gasteiger partial charge < -0.3 is 4.90 Å². The highest BCUT2D eigenvalue weighted by Crippen LogP contribution is 2.56. The van der Waals surface area contributed by atoms with Gasteiger partial charge in [0.1, 0.15) is 5.54 Å². The largest absolute Gasteiger partial charge is 0.336 e. The minimum atomic E-state index is -0.293. The molecule has 0 N–H and O–H groups in total. The molecule has 136 valence electrons. The van der Waals surface area contributed by atoms with Crippen molar-refractivity contribution in [2.45, 2.75) is 37.4 Å². The van der Waals surface area contributed by atoms with E-state index >= 15 is 0 Å². The van der Waals surface area contributed by atoms with Crippen molar-refractivity contribution in [1.29, 1.82) is 0 Å². The molecule has 4 heterocycles. The Balaban J connectivity index is 1.42. The fourth-order valence-corrected chi connectivity index (χ4v) is 5.71. The molecule has 0 radical (unpaired) electrons. The van der Waals surface area contributed by atoms with Crippen LogP contribution in [0.5, 0.6) is 0 Å². The third-order valence-electron chi connectivity index (χ3n) is 6.50. The topological polar surface area (TPSA) is 41.4 Å². The first-order chi connectivity index (χ1) is 12.6. The number of likely N-dealkylation sites (tertiary alicyclic amines) is 1. The number of aromatic nitrogens is 2. The van der Waals surface area contributed by atoms with Gasteiger partial charge in [0.05, 0.1) is 6.20 Å². The molecule has 0 bridgehead atoms. The Labute approximate surface area is 158 Å². The lowest BCUT2D eigenvalue weighted by Gasteiger charge is -2.33. The molecule has 2 aromatic rings. The first-order valence-electron chi connectivity index (χ1n) is 9.37. The van der Waals surface area contributed by atoms with Crippen LogP contribution in [0, 0.1) is 5.92 Å². The Morgan fingerprint density at radius 2 is 2.27 bits per heavy atom. The van der Waals surface area contributed by atoms with Crippen LogP contribution in [0.3, 0.4) is 0 Å². The zero-order valence-corrected chi connectivity index (χ0v) is 15.7. The van der Waals surface area contributed by atoms with Gasteiger partial charge in [0, 0.05) is 48.9 Å². The summed E-state index contributed by atoms with van der Waals surface area (Å²) in [5.41, 5.74) is 2.06. The van der Waals surface area contributed by atoms with Crippen molar-refractivity contribution < 1.29 is 4.79 Å². The van der Waals surface area contributed by atoms with Gasteiger partial charge in [-0.1, -0.05) is 23.7 Å². The van der Waals surface area contributed by atoms with Gasteiger partial charge in [0.2, 0.25) is 5.91 Å². The molecule has 0 saturated carbocycles. The van der Waals surface area contributed by atoms with Crippen LogP contribution in [-0.4, -0.2) is 44.1 Å². The van der Waals surface area contributed by atoms with Gasteiger partial charge in [-0.2, -0.15) is 5.10 Å². The fraction of sp³-hybridized carbons (Fsp3) is 0.500. The van der Waals surface area contributed by atoms with E-state index < -0.39 is 0 Å². The maximum absolute atomic E-state index is 13.5. The SMILES string of the molecule is Cn1cc([C@@H]2C[C@H]3CN(Cc4cccc(Cl)c4)C(=O)[C@]34CCCN24)cn1. The molecule has 1 aromatic carbocycles. The number of halogens is 1. The van der Waals surface area contributed by atoms with Crippen LogP contribution in [0.1, 0.15) is 36.4 Å². The number of carbonyl (C=O) groups excluding carboxylic acids is 1. The quantitative estimate of drug-likeness (QED) is 0.834. The lowest BCUT2D eigenvalue weighted by atomic mass is 9.85. The average molecular weight is 371 g/mol. The summed E-state index contributed by atoms with van der Waals surface area (Å²) in [6.07, 6.45) is 7.20. The van der Waals surface area contributed by atoms with E-state index in [1.807, 2.05) is 41.0 Å². The van der Waals surface area contributed by atoms with Gasteiger partial charge in [-0.15, -0.1) is 0 Å². The Morgan fingerprint density at radius 1 is 1.38 bits per heavy atom. The number of hydrogen-bond donors (Lipinski definition) is 0. The molecule has 3 aliphatic rings. The van der Waals surface area contributed by atoms with Crippen molar-refractivity contribution in [2.75, 3.05) is 13.1 Å². The van der Waals surface area contributed by atoms with E-state index in [1.165, 1.54) is 5.56 Å². The highest BCUT2D eigenvalue weighted by Gasteiger charge is 2.65. The lowest BCUT2D eigenvalue weighted by molar-refractivity contribution is -0.137. The van der Waals surface area contributed by atoms with Gasteiger partial charge in [-0.05, 0) is 43.5 Å². The predicted molar refractivity (Wildman–Crippen MR) is 99.6 cm³/mol. The van der Waals surface area contributed by atoms with E-state index in [9.17, 15) is 4.79 Å². The Hall–Kier alpha value is -1.85. The van der Waals surface area contributed by atoms with Gasteiger partial charge in [-0.3, -0.25) is 14.4 Å². The summed E-state index contributed by atoms with van der Waals surface area (Å²) in [6, 6.07) is 8.17. The Morgan fingerprint density at radius 3 is 3.04 bits per heavy atom. The molecule has 0 aliphatic carbocycles. The molecule has 26 heavy (non-hydrogen) atoms. The van der Waals surface area contributed by atoms with Gasteiger partial charge in [0.15, 0.2) is 0 Å². The van der Waals surface area contributed by atoms with E-state index in [-0.39, 0.29) is 5.54 Å². The first kappa shape index (κ1) is 16.3. The molecular formula is C20H23ClN4O. The number of carbonyl (C=O) groups is 1. The molecule has 1 spiro atoms. The predicted octanol–water partition coefficient (Wildman–Crippen LogP) is 3.01. The summed E-state index contributed by atoms with van der Waals surface area (Å²) < 4.78 is 1.86. The van der Waals surface area contributed by atoms with Crippen molar-refractivity contribution in [3.63, 3.8) is 0 Å². The number of nitrogens with zero attached hydrogens (tertiary/aromatic N) is 4. The summed E-state index contributed by atoms with van der Waals surface area (Å²) in [7, 11) is 1.96. The maximum Gasteiger partial charge on any atom is 0.243 e. The highest BCUT2D eigenvalue weighted by atomic mass is 35.5. The number of hydrogen-bond acceptors (Lipinski definition) is 3. The van der Waals surface area contributed by atoms with E-state index in [2.05, 4.69) is 22.3 Å². The lowest BCUT2D eigenvalue weighted by Crippen LogP contribution is -2.49. The average Bonchev–Trinajstić information content (AvgIpc) is 3.33. The van der Waals surface area contributed by atoms with Gasteiger partial charge in [-0.25, -0.2) is 0 Å². The first-order valence-corrected chi connectivity index (χ1v) is 9.75. The van der Waals surface area contributed by atoms with E-state index in [0.29, 0.717) is 24.4 Å². The summed E-state index contributed by atoms with van der Waals surface area (Å²) in [5.74, 6) is 0.716. The van der Waals surface area contributed by atoms with Crippen LogP contribution < -0.4 is 0 Å². The monoisotopic (exact) mass is 370 g/mol. The van der Waals surface area contributed by atoms with Gasteiger partial charge in [0.25, 0.3) is 0 Å². The Bertz CT molecular complexity index is 865. The van der Waals surface area contributed by atoms with Crippen LogP contribution in [0.4, 0.5) is 0 Å². The second kappa shape index (κ2) is 5.83. The summed E-state index contributed by atoms with van der Waals surface area (Å²) in [4.78, 5) is 18.0. The van der Waals surface area contributed by atoms with Crippen LogP contribution >= 0.6 is 11.6 Å². The van der Waals surface area contributed by atoms with Crippen LogP contribution in [0.15, 0.2) is 36.7 Å². The molecule has 6 heteroatoms. The zero-order valence-electron chi connectivity index (χ0n) is 14.9. The van der Waals surface area contributed by atoms with Crippen LogP contribution in [-0.2, 0) is 18.4 Å². The molecule has 5 nitrogen and oxygen atoms in total. The second-order valence-electron chi connectivity index (χ2n) is 7.93. The van der Waals surface area contributed by atoms with E-state index in [0.717, 1.165) is 42.9 Å². The van der Waals surface area contributed by atoms with Crippen LogP contribution in [0.2, 0.25) is 5.02 Å². The molecule has 0 unspecified atom stereocenters. The minimum absolute atomic E-state index is 0.293. The molecular weight excluding hydrogens is 348 g/mol. The molecule has 3 atom stereocenters. The third kappa shape index (κ3) is 2.26. The number of aryl methyl sites for hydroxylation is 1. The summed E-state index contributed by atoms with van der Waals surface area (Å²) >= 11 is 6.12. The molecule has 5 rings (SSSR count). The number of benzene rings is 1. The number of rotatable bonds is 3. The summed E-state index contributed by atoms with van der Waals surface area (Å²) in [5, 5.41) is 5.08. The second-order valence-corrected chi connectivity index (χ2v) is 8.37. The van der Waals surface area contributed by atoms with E-state index in [1.54, 1.807) is 0 Å². The summed E-state index contributed by atoms with van der Waals surface area (Å²) in [6.45, 7) is 2.51. The Kier molecular flexibility index (Phi) is 3.66. The van der Waals surface area contributed by atoms with Crippen molar-refractivity contribution in [1.82, 2.24) is 19.6 Å². The zero-order chi connectivity index (χ0) is 17.9. The van der Waals surface area contributed by atoms with Crippen molar-refractivity contribution in [3.8, 4) is 0 Å². The highest BCUT2D eigenvalue weighted by molar-refractivity contribution is 6.30. The number of amides is 1. The fourth-order valence-electron chi connectivity index (χ4n) is 5.50. The van der Waals surface area contributed by atoms with Crippen molar-refractivity contribution in [3.05, 3.63) is 52.8 Å². The molecule has 1 amide bonds. The van der Waals surface area contributed by atoms with Gasteiger partial charge >= 0.3 is 0 Å². The molecule has 3 saturated heterocycles. The third-order valence-corrected chi connectivity index (χ3v) is 6.73. The normalized spacial score (nSPS) is 30.8.